The summed E-state index contributed by atoms with van der Waals surface area (Å²) in [6.45, 7) is 9.35. The quantitative estimate of drug-likeness (QED) is 0.369. The van der Waals surface area contributed by atoms with Gasteiger partial charge in [-0.25, -0.2) is 0 Å². The van der Waals surface area contributed by atoms with E-state index >= 15 is 0 Å². The van der Waals surface area contributed by atoms with Gasteiger partial charge in [0.2, 0.25) is 0 Å². The molecule has 4 rings (SSSR count). The van der Waals surface area contributed by atoms with Gasteiger partial charge in [-0.3, -0.25) is 0 Å². The van der Waals surface area contributed by atoms with Crippen LogP contribution >= 0.6 is 0 Å². The molecule has 0 aliphatic heterocycles. The molecule has 0 aromatic heterocycles. The van der Waals surface area contributed by atoms with Crippen molar-refractivity contribution in [2.24, 2.45) is 5.41 Å². The summed E-state index contributed by atoms with van der Waals surface area (Å²) >= 11 is 0. The number of benzene rings is 2. The summed E-state index contributed by atoms with van der Waals surface area (Å²) in [7, 11) is 0. The van der Waals surface area contributed by atoms with Crippen LogP contribution in [-0.2, 0) is 19.3 Å². The Balaban J connectivity index is 1.48. The molecule has 2 aliphatic rings. The molecular formula is C32H42. The molecule has 0 spiro atoms. The van der Waals surface area contributed by atoms with Crippen molar-refractivity contribution in [3.63, 3.8) is 0 Å². The predicted octanol–water partition coefficient (Wildman–Crippen LogP) is 9.06. The van der Waals surface area contributed by atoms with E-state index in [0.29, 0.717) is 11.3 Å². The van der Waals surface area contributed by atoms with Gasteiger partial charge in [0.15, 0.2) is 0 Å². The first-order valence-electron chi connectivity index (χ1n) is 13.0. The van der Waals surface area contributed by atoms with Crippen LogP contribution in [0.25, 0.3) is 0 Å². The van der Waals surface area contributed by atoms with Crippen LogP contribution in [0.5, 0.6) is 0 Å². The normalized spacial score (nSPS) is 22.8. The van der Waals surface area contributed by atoms with E-state index < -0.39 is 0 Å². The Morgan fingerprint density at radius 1 is 0.844 bits per heavy atom. The van der Waals surface area contributed by atoms with Gasteiger partial charge in [0.05, 0.1) is 0 Å². The second-order valence-corrected chi connectivity index (χ2v) is 10.7. The smallest absolute Gasteiger partial charge is 0.00413 e. The summed E-state index contributed by atoms with van der Waals surface area (Å²) in [4.78, 5) is 0. The van der Waals surface area contributed by atoms with Gasteiger partial charge in [-0.15, -0.1) is 0 Å². The van der Waals surface area contributed by atoms with E-state index in [0.717, 1.165) is 0 Å². The third-order valence-corrected chi connectivity index (χ3v) is 8.22. The van der Waals surface area contributed by atoms with E-state index in [2.05, 4.69) is 82.3 Å². The molecule has 0 radical (unpaired) electrons. The van der Waals surface area contributed by atoms with Crippen LogP contribution in [0.3, 0.4) is 0 Å². The lowest BCUT2D eigenvalue weighted by atomic mass is 9.58. The summed E-state index contributed by atoms with van der Waals surface area (Å²) in [6.07, 6.45) is 17.4. The maximum Gasteiger partial charge on any atom is -0.00413 e. The topological polar surface area (TPSA) is 0 Å². The number of allylic oxidation sites excluding steroid dienone is 4. The van der Waals surface area contributed by atoms with Crippen molar-refractivity contribution in [3.8, 4) is 0 Å². The molecule has 0 heteroatoms. The van der Waals surface area contributed by atoms with Gasteiger partial charge >= 0.3 is 0 Å². The van der Waals surface area contributed by atoms with Crippen molar-refractivity contribution in [2.45, 2.75) is 97.8 Å². The molecule has 2 aliphatic carbocycles. The number of fused-ring (bicyclic) bond motifs is 1. The lowest BCUT2D eigenvalue weighted by Gasteiger charge is -2.46. The number of hydrogen-bond donors (Lipinski definition) is 0. The fourth-order valence-electron chi connectivity index (χ4n) is 6.12. The van der Waals surface area contributed by atoms with Crippen LogP contribution in [0.2, 0.25) is 0 Å². The van der Waals surface area contributed by atoms with Crippen molar-refractivity contribution in [2.75, 3.05) is 0 Å². The first kappa shape index (κ1) is 23.1. The highest BCUT2D eigenvalue weighted by Crippen LogP contribution is 2.54. The number of hydrogen-bond acceptors (Lipinski definition) is 0. The molecule has 0 saturated heterocycles. The average Bonchev–Trinajstić information content (AvgIpc) is 2.79. The van der Waals surface area contributed by atoms with Crippen LogP contribution in [-0.4, -0.2) is 0 Å². The van der Waals surface area contributed by atoms with E-state index in [-0.39, 0.29) is 0 Å². The summed E-state index contributed by atoms with van der Waals surface area (Å²) in [5.41, 5.74) is 11.2. The largest absolute Gasteiger partial charge is 0.0730 e. The predicted molar refractivity (Wildman–Crippen MR) is 139 cm³/mol. The van der Waals surface area contributed by atoms with Gasteiger partial charge in [0.1, 0.15) is 0 Å². The molecular weight excluding hydrogens is 384 g/mol. The molecule has 0 nitrogen and oxygen atoms in total. The minimum absolute atomic E-state index is 0.307. The molecule has 2 aromatic rings. The van der Waals surface area contributed by atoms with Crippen LogP contribution in [0, 0.1) is 12.3 Å². The Hall–Kier alpha value is -2.08. The Labute approximate surface area is 196 Å². The van der Waals surface area contributed by atoms with Gasteiger partial charge in [-0.05, 0) is 98.8 Å². The molecule has 32 heavy (non-hydrogen) atoms. The molecule has 0 saturated carbocycles. The molecule has 2 aromatic carbocycles. The Bertz CT molecular complexity index is 972. The van der Waals surface area contributed by atoms with E-state index in [9.17, 15) is 0 Å². The van der Waals surface area contributed by atoms with Gasteiger partial charge in [0, 0.05) is 0 Å². The third-order valence-electron chi connectivity index (χ3n) is 8.22. The molecule has 170 valence electrons. The summed E-state index contributed by atoms with van der Waals surface area (Å²) in [6, 6.07) is 16.6. The Morgan fingerprint density at radius 2 is 1.59 bits per heavy atom. The first-order valence-corrected chi connectivity index (χ1v) is 13.0. The Kier molecular flexibility index (Phi) is 7.39. The monoisotopic (exact) mass is 426 g/mol. The number of aryl methyl sites for hydroxylation is 4. The fraction of sp³-hybridized carbons (Fsp3) is 0.500. The highest BCUT2D eigenvalue weighted by atomic mass is 14.5. The summed E-state index contributed by atoms with van der Waals surface area (Å²) in [5.74, 6) is 0.650. The van der Waals surface area contributed by atoms with Gasteiger partial charge in [-0.1, -0.05) is 98.0 Å². The zero-order valence-corrected chi connectivity index (χ0v) is 20.8. The minimum atomic E-state index is 0.307. The van der Waals surface area contributed by atoms with Gasteiger partial charge in [-0.2, -0.15) is 0 Å². The maximum atomic E-state index is 2.58. The molecule has 0 bridgehead atoms. The summed E-state index contributed by atoms with van der Waals surface area (Å²) < 4.78 is 0. The van der Waals surface area contributed by atoms with Gasteiger partial charge < -0.3 is 0 Å². The van der Waals surface area contributed by atoms with Crippen molar-refractivity contribution in [1.29, 1.82) is 0 Å². The first-order chi connectivity index (χ1) is 15.5. The zero-order chi connectivity index (χ0) is 22.6. The average molecular weight is 427 g/mol. The fourth-order valence-corrected chi connectivity index (χ4v) is 6.12. The standard InChI is InChI=1S/C32H42/c1-5-8-26-14-16-27(17-15-26)9-6-7-10-31-30-20-13-25(3)23-28(30)21-22-32(31,4)29-18-11-24(2)12-19-29/h11,13-18,20,23,31H,5-10,12,19,21-22H2,1-4H3. The SMILES string of the molecule is CCCc1ccc(CCCCC2c3ccc(C)cc3CCC2(C)C2=CC=C(C)CC2)cc1. The van der Waals surface area contributed by atoms with Crippen molar-refractivity contribution < 1.29 is 0 Å². The van der Waals surface area contributed by atoms with E-state index in [1.54, 1.807) is 16.7 Å². The number of unbranched alkanes of at least 4 members (excludes halogenated alkanes) is 1. The minimum Gasteiger partial charge on any atom is -0.0730 e. The van der Waals surface area contributed by atoms with Crippen molar-refractivity contribution in [3.05, 3.63) is 93.6 Å². The molecule has 0 fully saturated rings. The second-order valence-electron chi connectivity index (χ2n) is 10.7. The molecule has 0 amide bonds. The molecule has 0 heterocycles. The van der Waals surface area contributed by atoms with Crippen molar-refractivity contribution >= 4 is 0 Å². The highest BCUT2D eigenvalue weighted by molar-refractivity contribution is 5.42. The van der Waals surface area contributed by atoms with Gasteiger partial charge in [0.25, 0.3) is 0 Å². The molecule has 2 unspecified atom stereocenters. The van der Waals surface area contributed by atoms with E-state index in [1.165, 1.54) is 86.5 Å². The molecule has 2 atom stereocenters. The Morgan fingerprint density at radius 3 is 2.28 bits per heavy atom. The van der Waals surface area contributed by atoms with Crippen LogP contribution in [0.15, 0.2) is 65.8 Å². The van der Waals surface area contributed by atoms with Crippen molar-refractivity contribution in [1.82, 2.24) is 0 Å². The molecule has 0 N–H and O–H groups in total. The maximum absolute atomic E-state index is 2.58. The van der Waals surface area contributed by atoms with Crippen LogP contribution in [0.4, 0.5) is 0 Å². The van der Waals surface area contributed by atoms with E-state index in [4.69, 9.17) is 0 Å². The third kappa shape index (κ3) is 5.11. The lowest BCUT2D eigenvalue weighted by molar-refractivity contribution is 0.245. The van der Waals surface area contributed by atoms with Crippen LogP contribution in [0.1, 0.15) is 99.5 Å². The summed E-state index contributed by atoms with van der Waals surface area (Å²) in [5, 5.41) is 0. The second kappa shape index (κ2) is 10.2. The highest BCUT2D eigenvalue weighted by Gasteiger charge is 2.41. The van der Waals surface area contributed by atoms with Crippen LogP contribution < -0.4 is 0 Å². The number of rotatable bonds is 8. The van der Waals surface area contributed by atoms with E-state index in [1.807, 2.05) is 0 Å². The zero-order valence-electron chi connectivity index (χ0n) is 20.8. The lowest BCUT2D eigenvalue weighted by Crippen LogP contribution is -2.33.